The topological polar surface area (TPSA) is 127 Å². The van der Waals surface area contributed by atoms with Crippen LogP contribution in [0.4, 0.5) is 5.69 Å². The molecule has 2 heterocycles. The molecular formula is C18H14N6O2S. The monoisotopic (exact) mass is 378 g/mol. The number of benzene rings is 2. The summed E-state index contributed by atoms with van der Waals surface area (Å²) in [6, 6.07) is 14.1. The fourth-order valence-corrected chi connectivity index (χ4v) is 3.20. The van der Waals surface area contributed by atoms with Gasteiger partial charge in [-0.15, -0.1) is 10.2 Å². The van der Waals surface area contributed by atoms with Crippen LogP contribution >= 0.6 is 11.8 Å². The Bertz CT molecular complexity index is 1160. The molecule has 4 N–H and O–H groups in total. The van der Waals surface area contributed by atoms with Gasteiger partial charge in [-0.05, 0) is 30.3 Å². The number of nitrogens with two attached hydrogens (primary N) is 1. The van der Waals surface area contributed by atoms with Gasteiger partial charge in [0.05, 0.1) is 5.75 Å². The first-order chi connectivity index (χ1) is 13.1. The van der Waals surface area contributed by atoms with Crippen molar-refractivity contribution in [1.82, 2.24) is 20.2 Å². The number of carbonyl (C=O) groups is 2. The van der Waals surface area contributed by atoms with Crippen molar-refractivity contribution in [2.24, 2.45) is 5.73 Å². The highest BCUT2D eigenvalue weighted by Gasteiger charge is 2.11. The van der Waals surface area contributed by atoms with Crippen LogP contribution < -0.4 is 11.1 Å². The van der Waals surface area contributed by atoms with Crippen LogP contribution in [0.2, 0.25) is 0 Å². The van der Waals surface area contributed by atoms with E-state index < -0.39 is 5.91 Å². The lowest BCUT2D eigenvalue weighted by Gasteiger charge is -2.05. The summed E-state index contributed by atoms with van der Waals surface area (Å²) >= 11 is 1.19. The number of nitrogens with one attached hydrogen (secondary N) is 2. The lowest BCUT2D eigenvalue weighted by Crippen LogP contribution is -2.15. The predicted octanol–water partition coefficient (Wildman–Crippen LogP) is 2.34. The third kappa shape index (κ3) is 3.58. The molecule has 0 atom stereocenters. The van der Waals surface area contributed by atoms with Crippen molar-refractivity contribution in [3.8, 4) is 0 Å². The summed E-state index contributed by atoms with van der Waals surface area (Å²) in [4.78, 5) is 30.8. The maximum atomic E-state index is 12.1. The van der Waals surface area contributed by atoms with Crippen molar-refractivity contribution in [2.45, 2.75) is 5.16 Å². The summed E-state index contributed by atoms with van der Waals surface area (Å²) in [5.74, 6) is -0.599. The van der Waals surface area contributed by atoms with E-state index in [1.807, 2.05) is 24.3 Å². The largest absolute Gasteiger partial charge is 0.366 e. The Kier molecular flexibility index (Phi) is 4.43. The average Bonchev–Trinajstić information content (AvgIpc) is 3.04. The number of amides is 2. The first-order valence-electron chi connectivity index (χ1n) is 8.04. The molecule has 4 aromatic rings. The first-order valence-corrected chi connectivity index (χ1v) is 9.02. The molecule has 9 heteroatoms. The van der Waals surface area contributed by atoms with Crippen LogP contribution in [0.3, 0.4) is 0 Å². The number of nitrogens with zero attached hydrogens (tertiary/aromatic N) is 3. The van der Waals surface area contributed by atoms with Gasteiger partial charge in [-0.25, -0.2) is 4.98 Å². The Hall–Kier alpha value is -3.46. The lowest BCUT2D eigenvalue weighted by atomic mass is 10.2. The first kappa shape index (κ1) is 17.0. The van der Waals surface area contributed by atoms with Crippen molar-refractivity contribution >= 4 is 51.3 Å². The molecule has 0 saturated heterocycles. The number of aromatic nitrogens is 4. The fraction of sp³-hybridized carbons (Fsp3) is 0.0556. The normalized spacial score (nSPS) is 11.0. The summed E-state index contributed by atoms with van der Waals surface area (Å²) in [6.45, 7) is 0. The number of primary amides is 1. The molecule has 0 spiro atoms. The highest BCUT2D eigenvalue weighted by molar-refractivity contribution is 7.99. The minimum absolute atomic E-state index is 0.130. The van der Waals surface area contributed by atoms with Crippen LogP contribution in [-0.4, -0.2) is 37.7 Å². The molecule has 8 nitrogen and oxygen atoms in total. The van der Waals surface area contributed by atoms with E-state index in [1.165, 1.54) is 11.8 Å². The number of hydrogen-bond acceptors (Lipinski definition) is 6. The second-order valence-corrected chi connectivity index (χ2v) is 6.68. The smallest absolute Gasteiger partial charge is 0.248 e. The number of anilines is 1. The quantitative estimate of drug-likeness (QED) is 0.458. The van der Waals surface area contributed by atoms with E-state index in [9.17, 15) is 9.59 Å². The molecule has 2 aromatic carbocycles. The molecule has 4 rings (SSSR count). The molecule has 2 aromatic heterocycles. The number of carbonyl (C=O) groups excluding carboxylic acids is 2. The number of rotatable bonds is 5. The number of thioether (sulfide) groups is 1. The van der Waals surface area contributed by atoms with E-state index in [0.717, 1.165) is 10.9 Å². The standard InChI is InChI=1S/C18H14N6O2S/c19-16(26)10-5-7-11(8-6-10)20-14(25)9-27-18-22-17-15(23-24-18)12-3-1-2-4-13(12)21-17/h1-8H,9H2,(H2,19,26)(H,20,25)(H,21,22,24). The van der Waals surface area contributed by atoms with Crippen LogP contribution in [-0.2, 0) is 4.79 Å². The maximum absolute atomic E-state index is 12.1. The Labute approximate surface area is 157 Å². The predicted molar refractivity (Wildman–Crippen MR) is 104 cm³/mol. The molecule has 0 fully saturated rings. The van der Waals surface area contributed by atoms with E-state index in [0.29, 0.717) is 27.6 Å². The van der Waals surface area contributed by atoms with Gasteiger partial charge in [0.25, 0.3) is 0 Å². The van der Waals surface area contributed by atoms with E-state index in [1.54, 1.807) is 24.3 Å². The van der Waals surface area contributed by atoms with Crippen LogP contribution in [0.1, 0.15) is 10.4 Å². The van der Waals surface area contributed by atoms with Crippen molar-refractivity contribution in [3.05, 3.63) is 54.1 Å². The van der Waals surface area contributed by atoms with Gasteiger partial charge in [-0.2, -0.15) is 0 Å². The maximum Gasteiger partial charge on any atom is 0.248 e. The molecule has 0 saturated carbocycles. The second kappa shape index (κ2) is 7.04. The third-order valence-electron chi connectivity index (χ3n) is 3.89. The van der Waals surface area contributed by atoms with E-state index >= 15 is 0 Å². The second-order valence-electron chi connectivity index (χ2n) is 5.74. The number of fused-ring (bicyclic) bond motifs is 3. The van der Waals surface area contributed by atoms with Crippen LogP contribution in [0.25, 0.3) is 22.1 Å². The zero-order valence-corrected chi connectivity index (χ0v) is 14.8. The van der Waals surface area contributed by atoms with Crippen LogP contribution in [0.5, 0.6) is 0 Å². The van der Waals surface area contributed by atoms with Crippen molar-refractivity contribution < 1.29 is 9.59 Å². The molecule has 0 aliphatic heterocycles. The number of aromatic amines is 1. The van der Waals surface area contributed by atoms with Gasteiger partial charge in [-0.1, -0.05) is 30.0 Å². The summed E-state index contributed by atoms with van der Waals surface area (Å²) in [5.41, 5.74) is 8.43. The van der Waals surface area contributed by atoms with Crippen molar-refractivity contribution in [2.75, 3.05) is 11.1 Å². The van der Waals surface area contributed by atoms with Gasteiger partial charge >= 0.3 is 0 Å². The molecule has 2 amide bonds. The highest BCUT2D eigenvalue weighted by atomic mass is 32.2. The highest BCUT2D eigenvalue weighted by Crippen LogP contribution is 2.23. The van der Waals surface area contributed by atoms with Gasteiger partial charge in [0, 0.05) is 22.2 Å². The molecule has 0 radical (unpaired) electrons. The summed E-state index contributed by atoms with van der Waals surface area (Å²) in [7, 11) is 0. The summed E-state index contributed by atoms with van der Waals surface area (Å²) < 4.78 is 0. The van der Waals surface area contributed by atoms with Crippen LogP contribution in [0.15, 0.2) is 53.7 Å². The van der Waals surface area contributed by atoms with Gasteiger partial charge in [0.2, 0.25) is 17.0 Å². The molecule has 0 bridgehead atoms. The Morgan fingerprint density at radius 2 is 1.85 bits per heavy atom. The molecule has 0 aliphatic carbocycles. The minimum atomic E-state index is -0.513. The Morgan fingerprint density at radius 3 is 2.63 bits per heavy atom. The molecule has 0 unspecified atom stereocenters. The Morgan fingerprint density at radius 1 is 1.07 bits per heavy atom. The van der Waals surface area contributed by atoms with Crippen molar-refractivity contribution in [3.63, 3.8) is 0 Å². The number of para-hydroxylation sites is 1. The molecule has 0 aliphatic rings. The molecular weight excluding hydrogens is 364 g/mol. The lowest BCUT2D eigenvalue weighted by molar-refractivity contribution is -0.113. The van der Waals surface area contributed by atoms with Crippen LogP contribution in [0, 0.1) is 0 Å². The van der Waals surface area contributed by atoms with E-state index in [4.69, 9.17) is 5.73 Å². The molecule has 27 heavy (non-hydrogen) atoms. The van der Waals surface area contributed by atoms with Gasteiger partial charge < -0.3 is 16.0 Å². The van der Waals surface area contributed by atoms with Gasteiger partial charge in [0.15, 0.2) is 5.65 Å². The van der Waals surface area contributed by atoms with Crippen molar-refractivity contribution in [1.29, 1.82) is 0 Å². The summed E-state index contributed by atoms with van der Waals surface area (Å²) in [5, 5.41) is 12.4. The molecule has 134 valence electrons. The van der Waals surface area contributed by atoms with Gasteiger partial charge in [0.1, 0.15) is 5.52 Å². The zero-order valence-electron chi connectivity index (χ0n) is 14.0. The zero-order chi connectivity index (χ0) is 18.8. The fourth-order valence-electron chi connectivity index (χ4n) is 2.61. The third-order valence-corrected chi connectivity index (χ3v) is 4.73. The van der Waals surface area contributed by atoms with E-state index in [2.05, 4.69) is 25.5 Å². The number of H-pyrrole nitrogens is 1. The van der Waals surface area contributed by atoms with Gasteiger partial charge in [-0.3, -0.25) is 9.59 Å². The summed E-state index contributed by atoms with van der Waals surface area (Å²) in [6.07, 6.45) is 0. The minimum Gasteiger partial charge on any atom is -0.366 e. The SMILES string of the molecule is NC(=O)c1ccc(NC(=O)CSc2nnc3c(n2)[nH]c2ccccc23)cc1. The average molecular weight is 378 g/mol. The Balaban J connectivity index is 1.42. The number of hydrogen-bond donors (Lipinski definition) is 3. The van der Waals surface area contributed by atoms with E-state index in [-0.39, 0.29) is 11.7 Å².